The SMILES string of the molecule is C[Si](C)OC(c1cccc(Cc2cccc3c2C(=O)NC3=O)c1)C(C)(C)C. The maximum Gasteiger partial charge on any atom is 0.259 e. The summed E-state index contributed by atoms with van der Waals surface area (Å²) in [5.74, 6) is -0.616. The van der Waals surface area contributed by atoms with E-state index in [0.717, 1.165) is 16.7 Å². The van der Waals surface area contributed by atoms with Crippen LogP contribution < -0.4 is 5.32 Å². The molecule has 1 aliphatic heterocycles. The lowest BCUT2D eigenvalue weighted by Crippen LogP contribution is -2.26. The van der Waals surface area contributed by atoms with Crippen LogP contribution in [-0.2, 0) is 10.8 Å². The molecule has 3 rings (SSSR count). The predicted molar refractivity (Wildman–Crippen MR) is 108 cm³/mol. The van der Waals surface area contributed by atoms with Crippen molar-refractivity contribution in [1.29, 1.82) is 0 Å². The largest absolute Gasteiger partial charge is 0.410 e. The molecule has 0 fully saturated rings. The molecule has 0 aromatic heterocycles. The molecule has 2 aromatic carbocycles. The number of nitrogens with one attached hydrogen (secondary N) is 1. The van der Waals surface area contributed by atoms with Crippen LogP contribution in [0, 0.1) is 5.41 Å². The summed E-state index contributed by atoms with van der Waals surface area (Å²) < 4.78 is 6.30. The van der Waals surface area contributed by atoms with Crippen LogP contribution in [0.25, 0.3) is 0 Å². The zero-order chi connectivity index (χ0) is 19.8. The number of hydrogen-bond acceptors (Lipinski definition) is 3. The second kappa shape index (κ2) is 7.41. The average Bonchev–Trinajstić information content (AvgIpc) is 2.87. The molecule has 5 heteroatoms. The van der Waals surface area contributed by atoms with Gasteiger partial charge in [0, 0.05) is 0 Å². The molecule has 1 aliphatic rings. The topological polar surface area (TPSA) is 55.4 Å². The van der Waals surface area contributed by atoms with E-state index in [1.165, 1.54) is 0 Å². The predicted octanol–water partition coefficient (Wildman–Crippen LogP) is 4.52. The number of carbonyl (C=O) groups excluding carboxylic acids is 2. The third-order valence-electron chi connectivity index (χ3n) is 4.64. The molecule has 2 amide bonds. The van der Waals surface area contributed by atoms with Crippen molar-refractivity contribution in [3.63, 3.8) is 0 Å². The molecule has 0 spiro atoms. The molecule has 1 unspecified atom stereocenters. The fraction of sp³-hybridized carbons (Fsp3) is 0.364. The monoisotopic (exact) mass is 380 g/mol. The minimum atomic E-state index is -0.845. The van der Waals surface area contributed by atoms with Gasteiger partial charge in [0.05, 0.1) is 17.2 Å². The Morgan fingerprint density at radius 3 is 2.41 bits per heavy atom. The Labute approximate surface area is 162 Å². The molecule has 0 bridgehead atoms. The van der Waals surface area contributed by atoms with Gasteiger partial charge >= 0.3 is 0 Å². The highest BCUT2D eigenvalue weighted by molar-refractivity contribution is 6.48. The summed E-state index contributed by atoms with van der Waals surface area (Å²) in [5.41, 5.74) is 4.09. The molecule has 1 atom stereocenters. The van der Waals surface area contributed by atoms with Crippen molar-refractivity contribution in [2.24, 2.45) is 5.41 Å². The summed E-state index contributed by atoms with van der Waals surface area (Å²) in [6.07, 6.45) is 0.623. The van der Waals surface area contributed by atoms with Crippen LogP contribution in [0.4, 0.5) is 0 Å². The van der Waals surface area contributed by atoms with E-state index in [1.807, 2.05) is 18.2 Å². The summed E-state index contributed by atoms with van der Waals surface area (Å²) in [5, 5.41) is 2.39. The highest BCUT2D eigenvalue weighted by Gasteiger charge is 2.30. The van der Waals surface area contributed by atoms with Gasteiger partial charge in [-0.15, -0.1) is 0 Å². The minimum Gasteiger partial charge on any atom is -0.410 e. The Balaban J connectivity index is 1.94. The summed E-state index contributed by atoms with van der Waals surface area (Å²) >= 11 is 0. The van der Waals surface area contributed by atoms with Crippen LogP contribution >= 0.6 is 0 Å². The van der Waals surface area contributed by atoms with E-state index in [-0.39, 0.29) is 23.3 Å². The first-order valence-electron chi connectivity index (χ1n) is 9.20. The second-order valence-electron chi connectivity index (χ2n) is 8.32. The van der Waals surface area contributed by atoms with Gasteiger partial charge in [-0.05, 0) is 47.7 Å². The lowest BCUT2D eigenvalue weighted by Gasteiger charge is -2.33. The molecule has 1 radical (unpaired) electrons. The normalized spacial score (nSPS) is 15.0. The molecule has 2 aromatic rings. The summed E-state index contributed by atoms with van der Waals surface area (Å²) in [6.45, 7) is 10.9. The fourth-order valence-electron chi connectivity index (χ4n) is 3.50. The lowest BCUT2D eigenvalue weighted by atomic mass is 9.84. The van der Waals surface area contributed by atoms with Gasteiger partial charge in [-0.2, -0.15) is 0 Å². The standard InChI is InChI=1S/C22H26NO3Si/c1-22(2,3)19(26-27(4)5)16-10-6-8-14(13-16)12-15-9-7-11-17-18(15)21(25)23-20(17)24/h6-11,13,19H,12H2,1-5H3,(H,23,24,25). The summed E-state index contributed by atoms with van der Waals surface area (Å²) in [7, 11) is -0.845. The van der Waals surface area contributed by atoms with E-state index in [9.17, 15) is 9.59 Å². The Bertz CT molecular complexity index is 883. The van der Waals surface area contributed by atoms with Crippen LogP contribution in [0.3, 0.4) is 0 Å². The van der Waals surface area contributed by atoms with Gasteiger partial charge in [-0.3, -0.25) is 14.9 Å². The number of carbonyl (C=O) groups is 2. The molecule has 1 N–H and O–H groups in total. The summed E-state index contributed by atoms with van der Waals surface area (Å²) in [4.78, 5) is 24.1. The third kappa shape index (κ3) is 4.20. The number of hydrogen-bond donors (Lipinski definition) is 1. The van der Waals surface area contributed by atoms with Gasteiger partial charge in [-0.25, -0.2) is 0 Å². The molecule has 0 aliphatic carbocycles. The number of imide groups is 1. The molecular weight excluding hydrogens is 354 g/mol. The Morgan fingerprint density at radius 1 is 1.04 bits per heavy atom. The highest BCUT2D eigenvalue weighted by atomic mass is 28.3. The van der Waals surface area contributed by atoms with Crippen molar-refractivity contribution in [2.45, 2.75) is 46.4 Å². The quantitative estimate of drug-likeness (QED) is 0.613. The van der Waals surface area contributed by atoms with E-state index < -0.39 is 9.04 Å². The number of fused-ring (bicyclic) bond motifs is 1. The van der Waals surface area contributed by atoms with E-state index in [2.05, 4.69) is 57.4 Å². The van der Waals surface area contributed by atoms with E-state index in [1.54, 1.807) is 6.07 Å². The minimum absolute atomic E-state index is 0.0130. The van der Waals surface area contributed by atoms with Gasteiger partial charge in [0.25, 0.3) is 11.8 Å². The maximum atomic E-state index is 12.2. The van der Waals surface area contributed by atoms with Crippen LogP contribution in [0.5, 0.6) is 0 Å². The zero-order valence-corrected chi connectivity index (χ0v) is 17.6. The van der Waals surface area contributed by atoms with E-state index in [4.69, 9.17) is 4.43 Å². The smallest absolute Gasteiger partial charge is 0.259 e. The van der Waals surface area contributed by atoms with Gasteiger partial charge in [0.1, 0.15) is 0 Å². The first-order chi connectivity index (χ1) is 12.7. The van der Waals surface area contributed by atoms with Gasteiger partial charge in [0.15, 0.2) is 0 Å². The Morgan fingerprint density at radius 2 is 1.74 bits per heavy atom. The van der Waals surface area contributed by atoms with Crippen LogP contribution in [0.15, 0.2) is 42.5 Å². The zero-order valence-electron chi connectivity index (χ0n) is 16.6. The highest BCUT2D eigenvalue weighted by Crippen LogP contribution is 2.37. The van der Waals surface area contributed by atoms with E-state index in [0.29, 0.717) is 17.5 Å². The Hall–Kier alpha value is -2.24. The van der Waals surface area contributed by atoms with Gasteiger partial charge in [0.2, 0.25) is 9.04 Å². The number of benzene rings is 2. The number of amides is 2. The lowest BCUT2D eigenvalue weighted by molar-refractivity contribution is 0.0865. The van der Waals surface area contributed by atoms with Crippen LogP contribution in [0.1, 0.15) is 64.3 Å². The second-order valence-corrected chi connectivity index (χ2v) is 10.4. The van der Waals surface area contributed by atoms with Crippen molar-refractivity contribution in [3.05, 3.63) is 70.3 Å². The van der Waals surface area contributed by atoms with Crippen LogP contribution in [-0.4, -0.2) is 20.9 Å². The molecule has 0 saturated heterocycles. The molecule has 1 heterocycles. The van der Waals surface area contributed by atoms with Gasteiger partial charge < -0.3 is 4.43 Å². The molecule has 0 saturated carbocycles. The molecule has 27 heavy (non-hydrogen) atoms. The third-order valence-corrected chi connectivity index (χ3v) is 5.35. The molecule has 141 valence electrons. The summed E-state index contributed by atoms with van der Waals surface area (Å²) in [6, 6.07) is 13.8. The number of rotatable bonds is 5. The molecule has 4 nitrogen and oxygen atoms in total. The maximum absolute atomic E-state index is 12.2. The Kier molecular flexibility index (Phi) is 5.35. The van der Waals surface area contributed by atoms with E-state index >= 15 is 0 Å². The molecular formula is C22H26NO3Si. The van der Waals surface area contributed by atoms with Crippen molar-refractivity contribution < 1.29 is 14.0 Å². The van der Waals surface area contributed by atoms with Crippen molar-refractivity contribution in [2.75, 3.05) is 0 Å². The first kappa shape index (κ1) is 19.5. The van der Waals surface area contributed by atoms with Crippen molar-refractivity contribution >= 4 is 20.9 Å². The fourth-order valence-corrected chi connectivity index (χ4v) is 4.47. The van der Waals surface area contributed by atoms with Gasteiger partial charge in [-0.1, -0.05) is 57.2 Å². The van der Waals surface area contributed by atoms with Crippen molar-refractivity contribution in [1.82, 2.24) is 5.32 Å². The average molecular weight is 381 g/mol. The first-order valence-corrected chi connectivity index (χ1v) is 11.6. The van der Waals surface area contributed by atoms with Crippen molar-refractivity contribution in [3.8, 4) is 0 Å². The van der Waals surface area contributed by atoms with Crippen LogP contribution in [0.2, 0.25) is 13.1 Å².